The Kier molecular flexibility index (Phi) is 3.65. The fourth-order valence-corrected chi connectivity index (χ4v) is 1.58. The molecular weight excluding hydrogens is 269 g/mol. The Balaban J connectivity index is 3.42. The zero-order valence-electron chi connectivity index (χ0n) is 7.88. The second-order valence-electron chi connectivity index (χ2n) is 2.73. The van der Waals surface area contributed by atoms with Gasteiger partial charge in [0.15, 0.2) is 11.6 Å². The molecule has 0 unspecified atom stereocenters. The van der Waals surface area contributed by atoms with E-state index in [9.17, 15) is 14.3 Å². The van der Waals surface area contributed by atoms with Gasteiger partial charge in [-0.2, -0.15) is 0 Å². The largest absolute Gasteiger partial charge is 0.507 e. The second-order valence-corrected chi connectivity index (χ2v) is 3.52. The molecule has 0 amide bonds. The van der Waals surface area contributed by atoms with E-state index in [0.29, 0.717) is 0 Å². The molecule has 0 radical (unpaired) electrons. The summed E-state index contributed by atoms with van der Waals surface area (Å²) < 4.78 is 18.4. The van der Waals surface area contributed by atoms with Crippen molar-refractivity contribution in [1.29, 1.82) is 0 Å². The normalized spacial score (nSPS) is 10.1. The van der Waals surface area contributed by atoms with Gasteiger partial charge in [-0.3, -0.25) is 4.79 Å². The number of methoxy groups -OCH3 is 1. The summed E-state index contributed by atoms with van der Waals surface area (Å²) in [5, 5.41) is 9.41. The van der Waals surface area contributed by atoms with E-state index in [0.717, 1.165) is 6.07 Å². The number of Topliss-reactive ketones (excluding diaryl/α,β-unsaturated/α-hetero) is 1. The van der Waals surface area contributed by atoms with Crippen molar-refractivity contribution in [2.45, 2.75) is 0 Å². The molecule has 0 saturated carbocycles. The summed E-state index contributed by atoms with van der Waals surface area (Å²) in [6, 6.07) is 1.15. The third kappa shape index (κ3) is 2.10. The van der Waals surface area contributed by atoms with Crippen molar-refractivity contribution in [3.05, 3.63) is 21.9 Å². The van der Waals surface area contributed by atoms with E-state index in [2.05, 4.69) is 15.9 Å². The van der Waals surface area contributed by atoms with Crippen LogP contribution in [0.4, 0.5) is 4.39 Å². The first-order valence-electron chi connectivity index (χ1n) is 4.01. The number of benzene rings is 1. The highest BCUT2D eigenvalue weighted by Crippen LogP contribution is 2.35. The molecule has 15 heavy (non-hydrogen) atoms. The summed E-state index contributed by atoms with van der Waals surface area (Å²) in [5.41, 5.74) is 4.66. The standard InChI is InChI=1S/C9H9BrFNO3/c1-15-6-2-4(13)7(5(14)3-12)9(11)8(6)10/h2,13H,3,12H2,1H3. The monoisotopic (exact) mass is 277 g/mol. The van der Waals surface area contributed by atoms with Gasteiger partial charge < -0.3 is 15.6 Å². The molecule has 0 bridgehead atoms. The predicted molar refractivity (Wildman–Crippen MR) is 55.7 cm³/mol. The van der Waals surface area contributed by atoms with Crippen molar-refractivity contribution in [2.24, 2.45) is 5.73 Å². The van der Waals surface area contributed by atoms with Crippen LogP contribution < -0.4 is 10.5 Å². The first-order valence-corrected chi connectivity index (χ1v) is 4.80. The van der Waals surface area contributed by atoms with Crippen LogP contribution in [0.3, 0.4) is 0 Å². The molecule has 0 aromatic heterocycles. The molecule has 0 spiro atoms. The summed E-state index contributed by atoms with van der Waals surface area (Å²) in [6.45, 7) is -0.372. The summed E-state index contributed by atoms with van der Waals surface area (Å²) in [7, 11) is 1.32. The Morgan fingerprint density at radius 1 is 1.73 bits per heavy atom. The first kappa shape index (κ1) is 11.9. The van der Waals surface area contributed by atoms with E-state index in [-0.39, 0.29) is 16.8 Å². The van der Waals surface area contributed by atoms with Gasteiger partial charge in [0.25, 0.3) is 0 Å². The summed E-state index contributed by atoms with van der Waals surface area (Å²) in [5.74, 6) is -1.92. The molecule has 0 aliphatic heterocycles. The molecule has 0 fully saturated rings. The Morgan fingerprint density at radius 3 is 2.80 bits per heavy atom. The molecule has 0 heterocycles. The SMILES string of the molecule is COc1cc(O)c(C(=O)CN)c(F)c1Br. The van der Waals surface area contributed by atoms with Crippen LogP contribution in [-0.4, -0.2) is 24.5 Å². The lowest BCUT2D eigenvalue weighted by Crippen LogP contribution is -2.15. The number of carbonyl (C=O) groups is 1. The number of ketones is 1. The summed E-state index contributed by atoms with van der Waals surface area (Å²) in [4.78, 5) is 11.2. The van der Waals surface area contributed by atoms with E-state index < -0.39 is 22.9 Å². The molecule has 1 aromatic rings. The van der Waals surface area contributed by atoms with Gasteiger partial charge in [0.05, 0.1) is 23.7 Å². The smallest absolute Gasteiger partial charge is 0.183 e. The molecule has 0 aliphatic rings. The highest BCUT2D eigenvalue weighted by molar-refractivity contribution is 9.10. The van der Waals surface area contributed by atoms with Crippen molar-refractivity contribution in [3.8, 4) is 11.5 Å². The number of nitrogens with two attached hydrogens (primary N) is 1. The molecule has 82 valence electrons. The average Bonchev–Trinajstić information content (AvgIpc) is 2.23. The number of phenols is 1. The fraction of sp³-hybridized carbons (Fsp3) is 0.222. The predicted octanol–water partition coefficient (Wildman–Crippen LogP) is 1.44. The van der Waals surface area contributed by atoms with Gasteiger partial charge >= 0.3 is 0 Å². The highest BCUT2D eigenvalue weighted by atomic mass is 79.9. The lowest BCUT2D eigenvalue weighted by atomic mass is 10.1. The van der Waals surface area contributed by atoms with Gasteiger partial charge in [0.2, 0.25) is 0 Å². The van der Waals surface area contributed by atoms with Crippen molar-refractivity contribution in [1.82, 2.24) is 0 Å². The first-order chi connectivity index (χ1) is 7.02. The van der Waals surface area contributed by atoms with Crippen LogP contribution in [0.15, 0.2) is 10.5 Å². The van der Waals surface area contributed by atoms with Crippen LogP contribution in [-0.2, 0) is 0 Å². The number of phenolic OH excluding ortho intramolecular Hbond substituents is 1. The molecule has 0 saturated heterocycles. The van der Waals surface area contributed by atoms with Gasteiger partial charge in [0.1, 0.15) is 11.5 Å². The average molecular weight is 278 g/mol. The lowest BCUT2D eigenvalue weighted by molar-refractivity contribution is 0.0994. The Morgan fingerprint density at radius 2 is 2.33 bits per heavy atom. The number of hydrogen-bond donors (Lipinski definition) is 2. The van der Waals surface area contributed by atoms with Crippen LogP contribution in [0.25, 0.3) is 0 Å². The molecular formula is C9H9BrFNO3. The van der Waals surface area contributed by atoms with E-state index in [1.807, 2.05) is 0 Å². The quantitative estimate of drug-likeness (QED) is 0.821. The second kappa shape index (κ2) is 4.59. The maximum absolute atomic E-state index is 13.6. The van der Waals surface area contributed by atoms with Crippen LogP contribution >= 0.6 is 15.9 Å². The van der Waals surface area contributed by atoms with Crippen molar-refractivity contribution in [2.75, 3.05) is 13.7 Å². The highest BCUT2D eigenvalue weighted by Gasteiger charge is 2.21. The van der Waals surface area contributed by atoms with E-state index in [1.54, 1.807) is 0 Å². The number of ether oxygens (including phenoxy) is 1. The third-order valence-corrected chi connectivity index (χ3v) is 2.58. The number of hydrogen-bond acceptors (Lipinski definition) is 4. The van der Waals surface area contributed by atoms with Gasteiger partial charge in [-0.25, -0.2) is 4.39 Å². The molecule has 1 rings (SSSR count). The number of carbonyl (C=O) groups excluding carboxylic acids is 1. The topological polar surface area (TPSA) is 72.5 Å². The Hall–Kier alpha value is -1.14. The minimum atomic E-state index is -0.873. The van der Waals surface area contributed by atoms with Gasteiger partial charge in [-0.15, -0.1) is 0 Å². The van der Waals surface area contributed by atoms with Crippen molar-refractivity contribution < 1.29 is 19.0 Å². The van der Waals surface area contributed by atoms with Crippen LogP contribution in [0.1, 0.15) is 10.4 Å². The van der Waals surface area contributed by atoms with Crippen LogP contribution in [0.2, 0.25) is 0 Å². The maximum Gasteiger partial charge on any atom is 0.183 e. The van der Waals surface area contributed by atoms with Gasteiger partial charge in [0, 0.05) is 6.07 Å². The summed E-state index contributed by atoms with van der Waals surface area (Å²) >= 11 is 2.92. The molecule has 1 aromatic carbocycles. The minimum Gasteiger partial charge on any atom is -0.507 e. The number of aromatic hydroxyl groups is 1. The summed E-state index contributed by atoms with van der Waals surface area (Å²) in [6.07, 6.45) is 0. The minimum absolute atomic E-state index is 0.0143. The number of halogens is 2. The molecule has 6 heteroatoms. The van der Waals surface area contributed by atoms with Gasteiger partial charge in [-0.05, 0) is 15.9 Å². The van der Waals surface area contributed by atoms with Crippen molar-refractivity contribution in [3.63, 3.8) is 0 Å². The van der Waals surface area contributed by atoms with Crippen LogP contribution in [0.5, 0.6) is 11.5 Å². The number of rotatable bonds is 3. The van der Waals surface area contributed by atoms with E-state index in [1.165, 1.54) is 7.11 Å². The lowest BCUT2D eigenvalue weighted by Gasteiger charge is -2.09. The zero-order valence-corrected chi connectivity index (χ0v) is 9.47. The van der Waals surface area contributed by atoms with E-state index in [4.69, 9.17) is 10.5 Å². The molecule has 0 aliphatic carbocycles. The Bertz CT molecular complexity index is 409. The zero-order chi connectivity index (χ0) is 11.6. The van der Waals surface area contributed by atoms with Crippen molar-refractivity contribution >= 4 is 21.7 Å². The fourth-order valence-electron chi connectivity index (χ4n) is 1.11. The molecule has 3 N–H and O–H groups in total. The van der Waals surface area contributed by atoms with Gasteiger partial charge in [-0.1, -0.05) is 0 Å². The van der Waals surface area contributed by atoms with Crippen LogP contribution in [0, 0.1) is 5.82 Å². The molecule has 4 nitrogen and oxygen atoms in total. The Labute approximate surface area is 94.0 Å². The van der Waals surface area contributed by atoms with E-state index >= 15 is 0 Å². The third-order valence-electron chi connectivity index (χ3n) is 1.84. The molecule has 0 atom stereocenters. The maximum atomic E-state index is 13.6.